The zero-order valence-corrected chi connectivity index (χ0v) is 14.8. The first-order valence-electron chi connectivity index (χ1n) is 8.51. The maximum absolute atomic E-state index is 13.3. The summed E-state index contributed by atoms with van der Waals surface area (Å²) in [5.74, 6) is -0.407. The molecule has 144 valence electrons. The molecule has 0 bridgehead atoms. The van der Waals surface area contributed by atoms with Crippen molar-refractivity contribution in [2.24, 2.45) is 0 Å². The average molecular weight is 389 g/mol. The minimum Gasteiger partial charge on any atom is -0.328 e. The van der Waals surface area contributed by atoms with Gasteiger partial charge in [-0.3, -0.25) is 0 Å². The highest BCUT2D eigenvalue weighted by Gasteiger charge is 2.28. The molecule has 5 nitrogen and oxygen atoms in total. The molecular formula is C19H15F4N5. The number of hydrogen-bond acceptors (Lipinski definition) is 3. The summed E-state index contributed by atoms with van der Waals surface area (Å²) in [5, 5.41) is 4.52. The normalized spacial score (nSPS) is 12.0. The smallest absolute Gasteiger partial charge is 0.328 e. The van der Waals surface area contributed by atoms with Crippen LogP contribution in [-0.2, 0) is 6.54 Å². The molecule has 0 saturated carbocycles. The Morgan fingerprint density at radius 2 is 1.75 bits per heavy atom. The number of hydrogen-bond donors (Lipinski definition) is 0. The summed E-state index contributed by atoms with van der Waals surface area (Å²) in [6.07, 6.45) is -2.28. The maximum Gasteiger partial charge on any atom is 0.390 e. The fourth-order valence-electron chi connectivity index (χ4n) is 3.00. The van der Waals surface area contributed by atoms with E-state index in [9.17, 15) is 17.6 Å². The first kappa shape index (κ1) is 18.1. The SMILES string of the molecule is Cc1cnc2ccc(-c3c(-c4ccc(F)cc4)ncn3CCC(F)(F)F)nn12. The summed E-state index contributed by atoms with van der Waals surface area (Å²) >= 11 is 0. The van der Waals surface area contributed by atoms with E-state index in [0.29, 0.717) is 28.3 Å². The van der Waals surface area contributed by atoms with Gasteiger partial charge in [0, 0.05) is 12.1 Å². The molecule has 0 N–H and O–H groups in total. The summed E-state index contributed by atoms with van der Waals surface area (Å²) in [7, 11) is 0. The number of aromatic nitrogens is 5. The third-order valence-corrected chi connectivity index (χ3v) is 4.37. The van der Waals surface area contributed by atoms with E-state index in [2.05, 4.69) is 15.1 Å². The molecule has 0 unspecified atom stereocenters. The number of halogens is 4. The highest BCUT2D eigenvalue weighted by molar-refractivity contribution is 5.77. The van der Waals surface area contributed by atoms with E-state index >= 15 is 0 Å². The van der Waals surface area contributed by atoms with Crippen LogP contribution >= 0.6 is 0 Å². The summed E-state index contributed by atoms with van der Waals surface area (Å²) in [5.41, 5.74) is 3.34. The Kier molecular flexibility index (Phi) is 4.37. The minimum absolute atomic E-state index is 0.296. The summed E-state index contributed by atoms with van der Waals surface area (Å²) in [4.78, 5) is 8.50. The second-order valence-corrected chi connectivity index (χ2v) is 6.40. The van der Waals surface area contributed by atoms with Crippen LogP contribution in [0.25, 0.3) is 28.3 Å². The lowest BCUT2D eigenvalue weighted by Gasteiger charge is -2.12. The van der Waals surface area contributed by atoms with Crippen LogP contribution in [0.2, 0.25) is 0 Å². The van der Waals surface area contributed by atoms with Gasteiger partial charge in [-0.2, -0.15) is 18.3 Å². The molecule has 28 heavy (non-hydrogen) atoms. The van der Waals surface area contributed by atoms with Gasteiger partial charge < -0.3 is 4.57 Å². The molecule has 0 atom stereocenters. The molecule has 0 spiro atoms. The van der Waals surface area contributed by atoms with Crippen LogP contribution in [0.1, 0.15) is 12.1 Å². The van der Waals surface area contributed by atoms with Crippen LogP contribution in [0.5, 0.6) is 0 Å². The van der Waals surface area contributed by atoms with Gasteiger partial charge in [-0.25, -0.2) is 18.9 Å². The minimum atomic E-state index is -4.30. The summed E-state index contributed by atoms with van der Waals surface area (Å²) in [6.45, 7) is 1.54. The van der Waals surface area contributed by atoms with Gasteiger partial charge in [-0.05, 0) is 43.3 Å². The van der Waals surface area contributed by atoms with E-state index < -0.39 is 18.4 Å². The van der Waals surface area contributed by atoms with Crippen molar-refractivity contribution in [3.8, 4) is 22.6 Å². The molecule has 4 aromatic rings. The lowest BCUT2D eigenvalue weighted by molar-refractivity contribution is -0.136. The van der Waals surface area contributed by atoms with Gasteiger partial charge in [-0.1, -0.05) is 0 Å². The number of benzene rings is 1. The highest BCUT2D eigenvalue weighted by Crippen LogP contribution is 2.32. The van der Waals surface area contributed by atoms with Crippen LogP contribution in [0.4, 0.5) is 17.6 Å². The molecule has 9 heteroatoms. The number of rotatable bonds is 4. The molecule has 0 amide bonds. The van der Waals surface area contributed by atoms with Gasteiger partial charge in [0.1, 0.15) is 11.5 Å². The predicted molar refractivity (Wildman–Crippen MR) is 95.0 cm³/mol. The van der Waals surface area contributed by atoms with Crippen LogP contribution in [0.3, 0.4) is 0 Å². The summed E-state index contributed by atoms with van der Waals surface area (Å²) < 4.78 is 54.6. The van der Waals surface area contributed by atoms with Crippen molar-refractivity contribution in [3.63, 3.8) is 0 Å². The molecular weight excluding hydrogens is 374 g/mol. The largest absolute Gasteiger partial charge is 0.390 e. The van der Waals surface area contributed by atoms with E-state index in [-0.39, 0.29) is 6.54 Å². The third-order valence-electron chi connectivity index (χ3n) is 4.37. The number of aryl methyl sites for hydroxylation is 2. The number of nitrogens with zero attached hydrogens (tertiary/aromatic N) is 5. The fraction of sp³-hybridized carbons (Fsp3) is 0.211. The van der Waals surface area contributed by atoms with Crippen molar-refractivity contribution in [3.05, 3.63) is 60.4 Å². The second-order valence-electron chi connectivity index (χ2n) is 6.40. The third kappa shape index (κ3) is 3.47. The Hall–Kier alpha value is -3.23. The standard InChI is InChI=1S/C19H15F4N5/c1-12-10-24-16-7-6-15(26-28(12)16)18-17(13-2-4-14(20)5-3-13)25-11-27(18)9-8-19(21,22)23/h2-7,10-11H,8-9H2,1H3. The van der Waals surface area contributed by atoms with Crippen LogP contribution in [0.15, 0.2) is 48.9 Å². The lowest BCUT2D eigenvalue weighted by Crippen LogP contribution is -2.13. The van der Waals surface area contributed by atoms with Crippen LogP contribution < -0.4 is 0 Å². The average Bonchev–Trinajstić information content (AvgIpc) is 3.24. The van der Waals surface area contributed by atoms with Crippen molar-refractivity contribution in [2.45, 2.75) is 26.1 Å². The van der Waals surface area contributed by atoms with Crippen molar-refractivity contribution in [1.29, 1.82) is 0 Å². The van der Waals surface area contributed by atoms with Crippen LogP contribution in [-0.4, -0.2) is 30.3 Å². The monoisotopic (exact) mass is 389 g/mol. The zero-order valence-electron chi connectivity index (χ0n) is 14.8. The van der Waals surface area contributed by atoms with Gasteiger partial charge >= 0.3 is 6.18 Å². The number of imidazole rings is 2. The Labute approximate surface area is 157 Å². The van der Waals surface area contributed by atoms with Gasteiger partial charge in [-0.15, -0.1) is 0 Å². The molecule has 3 heterocycles. The first-order valence-corrected chi connectivity index (χ1v) is 8.51. The van der Waals surface area contributed by atoms with E-state index in [4.69, 9.17) is 0 Å². The lowest BCUT2D eigenvalue weighted by atomic mass is 10.1. The number of alkyl halides is 3. The molecule has 0 radical (unpaired) electrons. The maximum atomic E-state index is 13.3. The molecule has 0 fully saturated rings. The summed E-state index contributed by atoms with van der Waals surface area (Å²) in [6, 6.07) is 9.07. The molecule has 0 aliphatic rings. The Morgan fingerprint density at radius 1 is 1.00 bits per heavy atom. The van der Waals surface area contributed by atoms with E-state index in [1.165, 1.54) is 35.2 Å². The second kappa shape index (κ2) is 6.74. The van der Waals surface area contributed by atoms with Gasteiger partial charge in [0.2, 0.25) is 0 Å². The zero-order chi connectivity index (χ0) is 19.9. The van der Waals surface area contributed by atoms with Gasteiger partial charge in [0.05, 0.1) is 36.0 Å². The van der Waals surface area contributed by atoms with E-state index in [1.807, 2.05) is 6.92 Å². The Morgan fingerprint density at radius 3 is 2.46 bits per heavy atom. The van der Waals surface area contributed by atoms with E-state index in [1.54, 1.807) is 22.8 Å². The Balaban J connectivity index is 1.86. The molecule has 0 aliphatic carbocycles. The quantitative estimate of drug-likeness (QED) is 0.477. The topological polar surface area (TPSA) is 48.0 Å². The fourth-order valence-corrected chi connectivity index (χ4v) is 3.00. The molecule has 3 aromatic heterocycles. The molecule has 4 rings (SSSR count). The highest BCUT2D eigenvalue weighted by atomic mass is 19.4. The molecule has 1 aromatic carbocycles. The molecule has 0 saturated heterocycles. The first-order chi connectivity index (χ1) is 13.3. The van der Waals surface area contributed by atoms with Crippen molar-refractivity contribution in [2.75, 3.05) is 0 Å². The van der Waals surface area contributed by atoms with Crippen molar-refractivity contribution >= 4 is 5.65 Å². The number of fused-ring (bicyclic) bond motifs is 1. The predicted octanol–water partition coefficient (Wildman–Crippen LogP) is 4.66. The van der Waals surface area contributed by atoms with Crippen molar-refractivity contribution in [1.82, 2.24) is 24.1 Å². The van der Waals surface area contributed by atoms with Crippen molar-refractivity contribution < 1.29 is 17.6 Å². The van der Waals surface area contributed by atoms with Gasteiger partial charge in [0.15, 0.2) is 5.65 Å². The Bertz CT molecular complexity index is 1130. The van der Waals surface area contributed by atoms with Gasteiger partial charge in [0.25, 0.3) is 0 Å². The van der Waals surface area contributed by atoms with Crippen LogP contribution in [0, 0.1) is 12.7 Å². The van der Waals surface area contributed by atoms with E-state index in [0.717, 1.165) is 5.69 Å². The molecule has 0 aliphatic heterocycles.